The van der Waals surface area contributed by atoms with Crippen LogP contribution in [0.3, 0.4) is 0 Å². The molecule has 0 saturated carbocycles. The molecule has 0 aliphatic heterocycles. The van der Waals surface area contributed by atoms with Gasteiger partial charge in [-0.2, -0.15) is 0 Å². The zero-order valence-corrected chi connectivity index (χ0v) is 16.7. The van der Waals surface area contributed by atoms with E-state index in [1.807, 2.05) is 24.3 Å². The number of halogens is 3. The Labute approximate surface area is 171 Å². The minimum atomic E-state index is -1.07. The van der Waals surface area contributed by atoms with Gasteiger partial charge in [0, 0.05) is 22.4 Å². The molecular weight excluding hydrogens is 448 g/mol. The van der Waals surface area contributed by atoms with Crippen molar-refractivity contribution in [1.82, 2.24) is 9.97 Å². The summed E-state index contributed by atoms with van der Waals surface area (Å²) in [7, 11) is 0. The highest BCUT2D eigenvalue weighted by atomic mass is 79.9. The number of carbonyl (C=O) groups is 1. The van der Waals surface area contributed by atoms with Crippen LogP contribution in [0.2, 0.25) is 0 Å². The first-order valence-corrected chi connectivity index (χ1v) is 9.84. The Morgan fingerprint density at radius 2 is 1.96 bits per heavy atom. The molecular formula is C20H12BrF2N3OS. The van der Waals surface area contributed by atoms with Crippen molar-refractivity contribution in [3.63, 3.8) is 0 Å². The molecule has 0 atom stereocenters. The summed E-state index contributed by atoms with van der Waals surface area (Å²) in [6, 6.07) is 12.4. The lowest BCUT2D eigenvalue weighted by atomic mass is 10.1. The van der Waals surface area contributed by atoms with Crippen LogP contribution in [-0.4, -0.2) is 15.9 Å². The SMILES string of the molecule is O=C(c1ccc(F)c(F)c1)N(Cc1cccnc1)c1nc2ccc(Br)cc2s1. The van der Waals surface area contributed by atoms with Crippen molar-refractivity contribution in [2.45, 2.75) is 6.54 Å². The monoisotopic (exact) mass is 459 g/mol. The molecule has 2 aromatic heterocycles. The second-order valence-electron chi connectivity index (χ2n) is 5.99. The summed E-state index contributed by atoms with van der Waals surface area (Å²) in [5, 5.41) is 0.465. The fourth-order valence-corrected chi connectivity index (χ4v) is 4.20. The first kappa shape index (κ1) is 18.6. The zero-order chi connectivity index (χ0) is 19.7. The predicted octanol–water partition coefficient (Wildman–Crippen LogP) is 5.58. The number of aromatic nitrogens is 2. The van der Waals surface area contributed by atoms with Gasteiger partial charge >= 0.3 is 0 Å². The van der Waals surface area contributed by atoms with Crippen LogP contribution in [0.15, 0.2) is 65.4 Å². The van der Waals surface area contributed by atoms with Gasteiger partial charge in [-0.1, -0.05) is 33.3 Å². The molecule has 0 aliphatic carbocycles. The van der Waals surface area contributed by atoms with Crippen LogP contribution in [0.1, 0.15) is 15.9 Å². The van der Waals surface area contributed by atoms with E-state index in [2.05, 4.69) is 25.9 Å². The number of amides is 1. The summed E-state index contributed by atoms with van der Waals surface area (Å²) >= 11 is 4.77. The molecule has 4 nitrogen and oxygen atoms in total. The van der Waals surface area contributed by atoms with Crippen LogP contribution in [0, 0.1) is 11.6 Å². The van der Waals surface area contributed by atoms with Crippen molar-refractivity contribution in [2.24, 2.45) is 0 Å². The molecule has 0 bridgehead atoms. The van der Waals surface area contributed by atoms with Gasteiger partial charge in [-0.25, -0.2) is 13.8 Å². The lowest BCUT2D eigenvalue weighted by Gasteiger charge is -2.20. The normalized spacial score (nSPS) is 11.0. The average Bonchev–Trinajstić information content (AvgIpc) is 3.11. The van der Waals surface area contributed by atoms with Gasteiger partial charge in [0.25, 0.3) is 5.91 Å². The van der Waals surface area contributed by atoms with E-state index < -0.39 is 17.5 Å². The zero-order valence-electron chi connectivity index (χ0n) is 14.3. The number of hydrogen-bond donors (Lipinski definition) is 0. The second kappa shape index (κ2) is 7.73. The Bertz CT molecular complexity index is 1170. The van der Waals surface area contributed by atoms with Crippen LogP contribution in [0.5, 0.6) is 0 Å². The summed E-state index contributed by atoms with van der Waals surface area (Å²) in [5.74, 6) is -2.54. The Morgan fingerprint density at radius 1 is 1.11 bits per heavy atom. The summed E-state index contributed by atoms with van der Waals surface area (Å²) in [6.07, 6.45) is 3.29. The maximum absolute atomic E-state index is 13.7. The topological polar surface area (TPSA) is 46.1 Å². The van der Waals surface area contributed by atoms with Gasteiger partial charge in [0.05, 0.1) is 16.8 Å². The van der Waals surface area contributed by atoms with Crippen LogP contribution in [-0.2, 0) is 6.54 Å². The summed E-state index contributed by atoms with van der Waals surface area (Å²) in [6.45, 7) is 0.201. The number of rotatable bonds is 4. The Morgan fingerprint density at radius 3 is 2.71 bits per heavy atom. The number of carbonyl (C=O) groups excluding carboxylic acids is 1. The highest BCUT2D eigenvalue weighted by molar-refractivity contribution is 9.10. The van der Waals surface area contributed by atoms with Gasteiger partial charge in [0.2, 0.25) is 0 Å². The number of thiazole rings is 1. The smallest absolute Gasteiger partial charge is 0.260 e. The van der Waals surface area contributed by atoms with Crippen molar-refractivity contribution in [3.8, 4) is 0 Å². The van der Waals surface area contributed by atoms with Crippen LogP contribution in [0.4, 0.5) is 13.9 Å². The van der Waals surface area contributed by atoms with E-state index in [0.29, 0.717) is 5.13 Å². The number of anilines is 1. The molecule has 8 heteroatoms. The number of fused-ring (bicyclic) bond motifs is 1. The van der Waals surface area contributed by atoms with Gasteiger partial charge in [-0.05, 0) is 48.0 Å². The van der Waals surface area contributed by atoms with Crippen molar-refractivity contribution < 1.29 is 13.6 Å². The molecule has 140 valence electrons. The number of benzene rings is 2. The van der Waals surface area contributed by atoms with E-state index in [0.717, 1.165) is 32.4 Å². The van der Waals surface area contributed by atoms with E-state index in [-0.39, 0.29) is 12.1 Å². The molecule has 0 aliphatic rings. The van der Waals surface area contributed by atoms with E-state index >= 15 is 0 Å². The molecule has 4 rings (SSSR count). The minimum Gasteiger partial charge on any atom is -0.279 e. The predicted molar refractivity (Wildman–Crippen MR) is 108 cm³/mol. The Kier molecular flexibility index (Phi) is 5.15. The van der Waals surface area contributed by atoms with Gasteiger partial charge in [-0.3, -0.25) is 14.7 Å². The van der Waals surface area contributed by atoms with E-state index in [1.54, 1.807) is 18.5 Å². The molecule has 2 aromatic carbocycles. The third kappa shape index (κ3) is 3.79. The van der Waals surface area contributed by atoms with Crippen molar-refractivity contribution >= 4 is 48.5 Å². The number of hydrogen-bond acceptors (Lipinski definition) is 4. The number of nitrogens with zero attached hydrogens (tertiary/aromatic N) is 3. The van der Waals surface area contributed by atoms with E-state index in [1.165, 1.54) is 22.3 Å². The molecule has 0 spiro atoms. The quantitative estimate of drug-likeness (QED) is 0.400. The molecule has 0 N–H and O–H groups in total. The first-order chi connectivity index (χ1) is 13.5. The third-order valence-electron chi connectivity index (χ3n) is 4.05. The third-order valence-corrected chi connectivity index (χ3v) is 5.58. The molecule has 2 heterocycles. The molecule has 0 saturated heterocycles. The molecule has 4 aromatic rings. The van der Waals surface area contributed by atoms with Crippen LogP contribution < -0.4 is 4.90 Å². The fourth-order valence-electron chi connectivity index (χ4n) is 2.69. The van der Waals surface area contributed by atoms with E-state index in [9.17, 15) is 13.6 Å². The lowest BCUT2D eigenvalue weighted by molar-refractivity contribution is 0.0984. The van der Waals surface area contributed by atoms with Crippen molar-refractivity contribution in [2.75, 3.05) is 4.90 Å². The maximum Gasteiger partial charge on any atom is 0.260 e. The fraction of sp³-hybridized carbons (Fsp3) is 0.0500. The summed E-state index contributed by atoms with van der Waals surface area (Å²) in [5.41, 5.74) is 1.58. The first-order valence-electron chi connectivity index (χ1n) is 8.23. The summed E-state index contributed by atoms with van der Waals surface area (Å²) < 4.78 is 28.8. The van der Waals surface area contributed by atoms with Crippen LogP contribution in [0.25, 0.3) is 10.2 Å². The van der Waals surface area contributed by atoms with Gasteiger partial charge in [-0.15, -0.1) is 0 Å². The molecule has 1 amide bonds. The molecule has 0 radical (unpaired) electrons. The van der Waals surface area contributed by atoms with Crippen molar-refractivity contribution in [1.29, 1.82) is 0 Å². The Hall–Kier alpha value is -2.71. The van der Waals surface area contributed by atoms with Gasteiger partial charge in [0.1, 0.15) is 0 Å². The lowest BCUT2D eigenvalue weighted by Crippen LogP contribution is -2.30. The second-order valence-corrected chi connectivity index (χ2v) is 7.91. The molecule has 0 fully saturated rings. The summed E-state index contributed by atoms with van der Waals surface area (Å²) in [4.78, 5) is 23.2. The van der Waals surface area contributed by atoms with Gasteiger partial charge < -0.3 is 0 Å². The standard InChI is InChI=1S/C20H12BrF2N3OS/c21-14-4-6-17-18(9-14)28-20(25-17)26(11-12-2-1-7-24-10-12)19(27)13-3-5-15(22)16(23)8-13/h1-10H,11H2. The number of pyridine rings is 1. The largest absolute Gasteiger partial charge is 0.279 e. The van der Waals surface area contributed by atoms with Gasteiger partial charge in [0.15, 0.2) is 16.8 Å². The molecule has 0 unspecified atom stereocenters. The highest BCUT2D eigenvalue weighted by Crippen LogP contribution is 2.32. The Balaban J connectivity index is 1.78. The maximum atomic E-state index is 13.7. The van der Waals surface area contributed by atoms with Crippen molar-refractivity contribution in [3.05, 3.63) is 88.2 Å². The highest BCUT2D eigenvalue weighted by Gasteiger charge is 2.23. The van der Waals surface area contributed by atoms with Crippen LogP contribution >= 0.6 is 27.3 Å². The molecule has 28 heavy (non-hydrogen) atoms. The average molecular weight is 460 g/mol. The minimum absolute atomic E-state index is 0.0447. The van der Waals surface area contributed by atoms with E-state index in [4.69, 9.17) is 0 Å².